The molecule has 0 aliphatic carbocycles. The van der Waals surface area contributed by atoms with E-state index in [1.54, 1.807) is 24.3 Å². The molecule has 132 valence electrons. The van der Waals surface area contributed by atoms with E-state index in [4.69, 9.17) is 21.7 Å². The van der Waals surface area contributed by atoms with Gasteiger partial charge in [-0.05, 0) is 68.0 Å². The Hall–Kier alpha value is -2.44. The first kappa shape index (κ1) is 18.9. The minimum atomic E-state index is -0.272. The van der Waals surface area contributed by atoms with E-state index in [1.807, 2.05) is 38.1 Å². The number of thiocarbonyl (C=S) groups is 1. The van der Waals surface area contributed by atoms with Gasteiger partial charge in [0.2, 0.25) is 0 Å². The lowest BCUT2D eigenvalue weighted by Gasteiger charge is -2.11. The van der Waals surface area contributed by atoms with Crippen LogP contribution < -0.4 is 15.4 Å². The lowest BCUT2D eigenvalue weighted by atomic mass is 10.2. The van der Waals surface area contributed by atoms with Crippen LogP contribution in [0.5, 0.6) is 5.75 Å². The molecule has 0 aliphatic rings. The van der Waals surface area contributed by atoms with Gasteiger partial charge in [-0.25, -0.2) is 0 Å². The molecule has 2 rings (SSSR count). The van der Waals surface area contributed by atoms with Crippen molar-refractivity contribution in [2.75, 3.05) is 25.1 Å². The maximum Gasteiger partial charge on any atom is 0.257 e. The maximum absolute atomic E-state index is 12.2. The number of hydrogen-bond donors (Lipinski definition) is 2. The predicted octanol–water partition coefficient (Wildman–Crippen LogP) is 3.54. The number of anilines is 1. The third-order valence-electron chi connectivity index (χ3n) is 3.32. The summed E-state index contributed by atoms with van der Waals surface area (Å²) in [5.74, 6) is 0.419. The Balaban J connectivity index is 1.84. The van der Waals surface area contributed by atoms with Gasteiger partial charge in [-0.2, -0.15) is 0 Å². The van der Waals surface area contributed by atoms with Gasteiger partial charge in [0, 0.05) is 17.9 Å². The molecule has 25 heavy (non-hydrogen) atoms. The van der Waals surface area contributed by atoms with E-state index in [1.165, 1.54) is 0 Å². The molecule has 0 aromatic heterocycles. The van der Waals surface area contributed by atoms with Crippen molar-refractivity contribution < 1.29 is 14.3 Å². The van der Waals surface area contributed by atoms with Crippen molar-refractivity contribution in [3.05, 3.63) is 59.7 Å². The number of nitrogens with one attached hydrogen (secondary N) is 2. The van der Waals surface area contributed by atoms with Gasteiger partial charge in [0.15, 0.2) is 5.11 Å². The average molecular weight is 358 g/mol. The van der Waals surface area contributed by atoms with Crippen LogP contribution in [-0.2, 0) is 4.74 Å². The van der Waals surface area contributed by atoms with Crippen LogP contribution >= 0.6 is 12.2 Å². The van der Waals surface area contributed by atoms with Gasteiger partial charge in [-0.15, -0.1) is 0 Å². The molecule has 6 heteroatoms. The molecule has 0 radical (unpaired) electrons. The number of carbonyl (C=O) groups is 1. The van der Waals surface area contributed by atoms with E-state index in [0.717, 1.165) is 11.3 Å². The predicted molar refractivity (Wildman–Crippen MR) is 103 cm³/mol. The fourth-order valence-electron chi connectivity index (χ4n) is 2.13. The quantitative estimate of drug-likeness (QED) is 0.586. The van der Waals surface area contributed by atoms with Gasteiger partial charge in [0.05, 0.1) is 6.61 Å². The molecule has 0 saturated heterocycles. The van der Waals surface area contributed by atoms with Crippen LogP contribution in [0.3, 0.4) is 0 Å². The van der Waals surface area contributed by atoms with Crippen molar-refractivity contribution >= 4 is 28.9 Å². The molecule has 0 fully saturated rings. The minimum Gasteiger partial charge on any atom is -0.491 e. The highest BCUT2D eigenvalue weighted by Crippen LogP contribution is 2.13. The summed E-state index contributed by atoms with van der Waals surface area (Å²) in [6, 6.07) is 14.6. The molecule has 0 atom stereocenters. The van der Waals surface area contributed by atoms with Crippen LogP contribution in [0.15, 0.2) is 48.5 Å². The molecule has 0 aliphatic heterocycles. The summed E-state index contributed by atoms with van der Waals surface area (Å²) < 4.78 is 10.7. The van der Waals surface area contributed by atoms with Crippen LogP contribution in [0.25, 0.3) is 0 Å². The zero-order chi connectivity index (χ0) is 18.1. The summed E-state index contributed by atoms with van der Waals surface area (Å²) in [4.78, 5) is 12.2. The van der Waals surface area contributed by atoms with Crippen molar-refractivity contribution in [2.45, 2.75) is 13.8 Å². The first-order chi connectivity index (χ1) is 12.1. The van der Waals surface area contributed by atoms with Crippen molar-refractivity contribution in [3.63, 3.8) is 0 Å². The Morgan fingerprint density at radius 2 is 1.88 bits per heavy atom. The lowest BCUT2D eigenvalue weighted by molar-refractivity contribution is 0.0977. The van der Waals surface area contributed by atoms with Crippen molar-refractivity contribution in [1.82, 2.24) is 5.32 Å². The molecule has 0 unspecified atom stereocenters. The molecular formula is C19H22N2O3S. The maximum atomic E-state index is 12.2. The highest BCUT2D eigenvalue weighted by molar-refractivity contribution is 7.80. The second-order valence-corrected chi connectivity index (χ2v) is 5.76. The number of amides is 1. The third kappa shape index (κ3) is 6.52. The summed E-state index contributed by atoms with van der Waals surface area (Å²) in [6.07, 6.45) is 0. The third-order valence-corrected chi connectivity index (χ3v) is 3.52. The van der Waals surface area contributed by atoms with Crippen LogP contribution in [0.2, 0.25) is 0 Å². The summed E-state index contributed by atoms with van der Waals surface area (Å²) in [7, 11) is 0. The Labute approximate surface area is 153 Å². The van der Waals surface area contributed by atoms with E-state index in [2.05, 4.69) is 10.6 Å². The summed E-state index contributed by atoms with van der Waals surface area (Å²) in [6.45, 7) is 5.61. The minimum absolute atomic E-state index is 0.257. The lowest BCUT2D eigenvalue weighted by Crippen LogP contribution is -2.34. The van der Waals surface area contributed by atoms with Crippen molar-refractivity contribution in [1.29, 1.82) is 0 Å². The summed E-state index contributed by atoms with van der Waals surface area (Å²) in [5, 5.41) is 5.92. The van der Waals surface area contributed by atoms with E-state index in [9.17, 15) is 4.79 Å². The van der Waals surface area contributed by atoms with Crippen LogP contribution in [0.1, 0.15) is 22.8 Å². The number of benzene rings is 2. The Morgan fingerprint density at radius 1 is 1.12 bits per heavy atom. The molecule has 1 amide bonds. The van der Waals surface area contributed by atoms with E-state index < -0.39 is 0 Å². The van der Waals surface area contributed by atoms with Crippen molar-refractivity contribution in [2.24, 2.45) is 0 Å². The molecule has 5 nitrogen and oxygen atoms in total. The molecule has 2 N–H and O–H groups in total. The number of ether oxygens (including phenoxy) is 2. The Kier molecular flexibility index (Phi) is 7.37. The first-order valence-electron chi connectivity index (χ1n) is 8.08. The topological polar surface area (TPSA) is 59.6 Å². The summed E-state index contributed by atoms with van der Waals surface area (Å²) in [5.41, 5.74) is 2.45. The first-order valence-corrected chi connectivity index (χ1v) is 8.49. The largest absolute Gasteiger partial charge is 0.491 e. The normalized spacial score (nSPS) is 10.2. The fraction of sp³-hybridized carbons (Fsp3) is 0.263. The van der Waals surface area contributed by atoms with E-state index >= 15 is 0 Å². The van der Waals surface area contributed by atoms with Gasteiger partial charge in [-0.3, -0.25) is 10.1 Å². The van der Waals surface area contributed by atoms with E-state index in [-0.39, 0.29) is 11.0 Å². The monoisotopic (exact) mass is 358 g/mol. The van der Waals surface area contributed by atoms with Gasteiger partial charge in [0.25, 0.3) is 5.91 Å². The Bertz CT molecular complexity index is 717. The van der Waals surface area contributed by atoms with Gasteiger partial charge >= 0.3 is 0 Å². The molecule has 0 bridgehead atoms. The second-order valence-electron chi connectivity index (χ2n) is 5.35. The van der Waals surface area contributed by atoms with E-state index in [0.29, 0.717) is 31.1 Å². The zero-order valence-corrected chi connectivity index (χ0v) is 15.2. The molecular weight excluding hydrogens is 336 g/mol. The van der Waals surface area contributed by atoms with Crippen LogP contribution in [0.4, 0.5) is 5.69 Å². The van der Waals surface area contributed by atoms with Gasteiger partial charge in [0.1, 0.15) is 12.4 Å². The Morgan fingerprint density at radius 3 is 2.56 bits per heavy atom. The highest BCUT2D eigenvalue weighted by Gasteiger charge is 2.08. The SMILES string of the molecule is CCOCCOc1ccc(C(=O)NC(=S)Nc2cccc(C)c2)cc1. The number of rotatable bonds is 7. The molecule has 0 saturated carbocycles. The van der Waals surface area contributed by atoms with Gasteiger partial charge in [-0.1, -0.05) is 12.1 Å². The van der Waals surface area contributed by atoms with Crippen LogP contribution in [-0.4, -0.2) is 30.8 Å². The average Bonchev–Trinajstić information content (AvgIpc) is 2.59. The van der Waals surface area contributed by atoms with Gasteiger partial charge < -0.3 is 14.8 Å². The molecule has 0 spiro atoms. The fourth-order valence-corrected chi connectivity index (χ4v) is 2.34. The second kappa shape index (κ2) is 9.76. The number of carbonyl (C=O) groups excluding carboxylic acids is 1. The number of aryl methyl sites for hydroxylation is 1. The highest BCUT2D eigenvalue weighted by atomic mass is 32.1. The van der Waals surface area contributed by atoms with Crippen LogP contribution in [0, 0.1) is 6.92 Å². The smallest absolute Gasteiger partial charge is 0.257 e. The zero-order valence-electron chi connectivity index (χ0n) is 14.4. The molecule has 0 heterocycles. The standard InChI is InChI=1S/C19H22N2O3S/c1-3-23-11-12-24-17-9-7-15(8-10-17)18(22)21-19(25)20-16-6-4-5-14(2)13-16/h4-10,13H,3,11-12H2,1-2H3,(H2,20,21,22,25). The summed E-state index contributed by atoms with van der Waals surface area (Å²) >= 11 is 5.18. The molecule has 2 aromatic rings. The number of hydrogen-bond acceptors (Lipinski definition) is 4. The molecule has 2 aromatic carbocycles. The van der Waals surface area contributed by atoms with Crippen molar-refractivity contribution in [3.8, 4) is 5.75 Å².